The summed E-state index contributed by atoms with van der Waals surface area (Å²) in [5.41, 5.74) is 5.27. The van der Waals surface area contributed by atoms with Gasteiger partial charge in [0.1, 0.15) is 0 Å². The van der Waals surface area contributed by atoms with Crippen molar-refractivity contribution in [2.24, 2.45) is 17.6 Å². The first-order valence-electron chi connectivity index (χ1n) is 7.18. The molecule has 3 atom stereocenters. The van der Waals surface area contributed by atoms with E-state index in [1.165, 1.54) is 32.1 Å². The SMILES string of the molecule is CC(O)(C(O)CC(N)C1CCCCC1)C1CC1. The molecule has 2 aliphatic rings. The highest BCUT2D eigenvalue weighted by Gasteiger charge is 2.45. The molecule has 2 rings (SSSR count). The molecule has 17 heavy (non-hydrogen) atoms. The molecular weight excluding hydrogens is 214 g/mol. The third-order valence-corrected chi connectivity index (χ3v) is 4.83. The van der Waals surface area contributed by atoms with Crippen LogP contribution < -0.4 is 5.73 Å². The van der Waals surface area contributed by atoms with Crippen LogP contribution in [0.1, 0.15) is 58.3 Å². The van der Waals surface area contributed by atoms with Gasteiger partial charge < -0.3 is 15.9 Å². The second kappa shape index (κ2) is 5.25. The smallest absolute Gasteiger partial charge is 0.0906 e. The van der Waals surface area contributed by atoms with Crippen molar-refractivity contribution >= 4 is 0 Å². The van der Waals surface area contributed by atoms with E-state index in [0.717, 1.165) is 12.8 Å². The second-order valence-electron chi connectivity index (χ2n) is 6.31. The van der Waals surface area contributed by atoms with Crippen molar-refractivity contribution in [3.63, 3.8) is 0 Å². The highest BCUT2D eigenvalue weighted by atomic mass is 16.3. The minimum absolute atomic E-state index is 0.0514. The van der Waals surface area contributed by atoms with Gasteiger partial charge in [-0.05, 0) is 50.9 Å². The summed E-state index contributed by atoms with van der Waals surface area (Å²) in [7, 11) is 0. The van der Waals surface area contributed by atoms with Crippen LogP contribution in [-0.4, -0.2) is 28.0 Å². The maximum Gasteiger partial charge on any atom is 0.0906 e. The summed E-state index contributed by atoms with van der Waals surface area (Å²) in [5, 5.41) is 20.4. The fourth-order valence-electron chi connectivity index (χ4n) is 3.19. The number of nitrogens with two attached hydrogens (primary N) is 1. The summed E-state index contributed by atoms with van der Waals surface area (Å²) in [5.74, 6) is 0.837. The lowest BCUT2D eigenvalue weighted by molar-refractivity contribution is -0.0844. The standard InChI is InChI=1S/C14H27NO2/c1-14(17,11-7-8-11)13(16)9-12(15)10-5-3-2-4-6-10/h10-13,16-17H,2-9,15H2,1H3. The third-order valence-electron chi connectivity index (χ3n) is 4.83. The molecule has 0 heterocycles. The van der Waals surface area contributed by atoms with Crippen molar-refractivity contribution in [1.29, 1.82) is 0 Å². The molecule has 4 N–H and O–H groups in total. The third kappa shape index (κ3) is 3.21. The Hall–Kier alpha value is -0.120. The van der Waals surface area contributed by atoms with Gasteiger partial charge in [0.15, 0.2) is 0 Å². The first-order chi connectivity index (χ1) is 8.01. The molecule has 0 aromatic rings. The van der Waals surface area contributed by atoms with Crippen molar-refractivity contribution < 1.29 is 10.2 Å². The molecule has 0 aromatic carbocycles. The van der Waals surface area contributed by atoms with Crippen LogP contribution in [0.3, 0.4) is 0 Å². The Labute approximate surface area is 104 Å². The zero-order valence-corrected chi connectivity index (χ0v) is 10.9. The molecule has 3 unspecified atom stereocenters. The van der Waals surface area contributed by atoms with Crippen molar-refractivity contribution in [2.45, 2.75) is 76.0 Å². The molecule has 100 valence electrons. The van der Waals surface area contributed by atoms with E-state index in [-0.39, 0.29) is 12.0 Å². The summed E-state index contributed by atoms with van der Waals surface area (Å²) in [6.07, 6.45) is 8.23. The molecule has 0 spiro atoms. The lowest BCUT2D eigenvalue weighted by atomic mass is 9.79. The Kier molecular flexibility index (Phi) is 4.11. The average Bonchev–Trinajstić information content (AvgIpc) is 3.14. The van der Waals surface area contributed by atoms with E-state index in [0.29, 0.717) is 12.3 Å². The van der Waals surface area contributed by atoms with Gasteiger partial charge in [-0.1, -0.05) is 19.3 Å². The maximum atomic E-state index is 10.3. The first kappa shape index (κ1) is 13.3. The fourth-order valence-corrected chi connectivity index (χ4v) is 3.19. The molecule has 3 nitrogen and oxygen atoms in total. The van der Waals surface area contributed by atoms with E-state index in [1.54, 1.807) is 6.92 Å². The minimum atomic E-state index is -0.924. The highest BCUT2D eigenvalue weighted by molar-refractivity contribution is 4.97. The number of rotatable bonds is 5. The van der Waals surface area contributed by atoms with Crippen LogP contribution in [-0.2, 0) is 0 Å². The molecule has 2 fully saturated rings. The van der Waals surface area contributed by atoms with E-state index in [4.69, 9.17) is 5.73 Å². The van der Waals surface area contributed by atoms with E-state index in [2.05, 4.69) is 0 Å². The topological polar surface area (TPSA) is 66.5 Å². The van der Waals surface area contributed by atoms with Crippen molar-refractivity contribution in [3.8, 4) is 0 Å². The Bertz CT molecular complexity index is 245. The van der Waals surface area contributed by atoms with E-state index in [9.17, 15) is 10.2 Å². The summed E-state index contributed by atoms with van der Waals surface area (Å²) in [6, 6.07) is 0.0514. The van der Waals surface area contributed by atoms with Crippen molar-refractivity contribution in [2.75, 3.05) is 0 Å². The fraction of sp³-hybridized carbons (Fsp3) is 1.00. The molecule has 3 heteroatoms. The van der Waals surface area contributed by atoms with Crippen LogP contribution in [0.15, 0.2) is 0 Å². The molecule has 0 bridgehead atoms. The summed E-state index contributed by atoms with van der Waals surface area (Å²) < 4.78 is 0. The molecule has 0 saturated heterocycles. The number of hydrogen-bond acceptors (Lipinski definition) is 3. The quantitative estimate of drug-likeness (QED) is 0.687. The van der Waals surface area contributed by atoms with Gasteiger partial charge in [0.2, 0.25) is 0 Å². The van der Waals surface area contributed by atoms with Gasteiger partial charge in [-0.25, -0.2) is 0 Å². The molecule has 0 amide bonds. The number of hydrogen-bond donors (Lipinski definition) is 3. The van der Waals surface area contributed by atoms with E-state index in [1.807, 2.05) is 0 Å². The Morgan fingerprint density at radius 1 is 1.18 bits per heavy atom. The van der Waals surface area contributed by atoms with Gasteiger partial charge in [0, 0.05) is 6.04 Å². The number of aliphatic hydroxyl groups is 2. The largest absolute Gasteiger partial charge is 0.390 e. The Morgan fingerprint density at radius 2 is 1.76 bits per heavy atom. The van der Waals surface area contributed by atoms with Gasteiger partial charge in [-0.3, -0.25) is 0 Å². The molecule has 0 aliphatic heterocycles. The van der Waals surface area contributed by atoms with Gasteiger partial charge in [0.05, 0.1) is 11.7 Å². The summed E-state index contributed by atoms with van der Waals surface area (Å²) in [4.78, 5) is 0. The molecular formula is C14H27NO2. The van der Waals surface area contributed by atoms with Crippen LogP contribution in [0, 0.1) is 11.8 Å². The lowest BCUT2D eigenvalue weighted by Crippen LogP contribution is -2.46. The molecule has 0 radical (unpaired) electrons. The maximum absolute atomic E-state index is 10.3. The summed E-state index contributed by atoms with van der Waals surface area (Å²) in [6.45, 7) is 1.77. The predicted octanol–water partition coefficient (Wildman–Crippen LogP) is 1.81. The van der Waals surface area contributed by atoms with Crippen LogP contribution in [0.4, 0.5) is 0 Å². The van der Waals surface area contributed by atoms with E-state index >= 15 is 0 Å². The average molecular weight is 241 g/mol. The molecule has 2 saturated carbocycles. The number of aliphatic hydroxyl groups excluding tert-OH is 1. The van der Waals surface area contributed by atoms with E-state index < -0.39 is 11.7 Å². The molecule has 2 aliphatic carbocycles. The normalized spacial score (nSPS) is 29.6. The Morgan fingerprint density at radius 3 is 2.29 bits per heavy atom. The highest BCUT2D eigenvalue weighted by Crippen LogP contribution is 2.42. The zero-order valence-electron chi connectivity index (χ0n) is 10.9. The van der Waals surface area contributed by atoms with Crippen molar-refractivity contribution in [1.82, 2.24) is 0 Å². The van der Waals surface area contributed by atoms with Crippen LogP contribution >= 0.6 is 0 Å². The Balaban J connectivity index is 1.82. The van der Waals surface area contributed by atoms with Gasteiger partial charge in [0.25, 0.3) is 0 Å². The summed E-state index contributed by atoms with van der Waals surface area (Å²) >= 11 is 0. The van der Waals surface area contributed by atoms with Gasteiger partial charge in [-0.15, -0.1) is 0 Å². The van der Waals surface area contributed by atoms with Crippen LogP contribution in [0.2, 0.25) is 0 Å². The lowest BCUT2D eigenvalue weighted by Gasteiger charge is -2.34. The van der Waals surface area contributed by atoms with Crippen molar-refractivity contribution in [3.05, 3.63) is 0 Å². The van der Waals surface area contributed by atoms with Gasteiger partial charge in [-0.2, -0.15) is 0 Å². The van der Waals surface area contributed by atoms with Crippen LogP contribution in [0.25, 0.3) is 0 Å². The minimum Gasteiger partial charge on any atom is -0.390 e. The predicted molar refractivity (Wildman–Crippen MR) is 68.5 cm³/mol. The van der Waals surface area contributed by atoms with Crippen LogP contribution in [0.5, 0.6) is 0 Å². The first-order valence-corrected chi connectivity index (χ1v) is 7.18. The monoisotopic (exact) mass is 241 g/mol. The second-order valence-corrected chi connectivity index (χ2v) is 6.31. The zero-order chi connectivity index (χ0) is 12.5. The van der Waals surface area contributed by atoms with Gasteiger partial charge >= 0.3 is 0 Å². The molecule has 0 aromatic heterocycles.